The highest BCUT2D eigenvalue weighted by atomic mass is 32.1. The van der Waals surface area contributed by atoms with E-state index < -0.39 is 0 Å². The number of rotatable bonds is 2. The van der Waals surface area contributed by atoms with Crippen molar-refractivity contribution in [1.29, 1.82) is 0 Å². The van der Waals surface area contributed by atoms with Crippen LogP contribution in [0.3, 0.4) is 0 Å². The number of nitrogens with two attached hydrogens (primary N) is 1. The maximum atomic E-state index is 11.8. The lowest BCUT2D eigenvalue weighted by Crippen LogP contribution is -2.13. The monoisotopic (exact) mass is 247 g/mol. The smallest absolute Gasteiger partial charge is 0.275 e. The molecule has 2 aromatic rings. The first-order valence-corrected chi connectivity index (χ1v) is 6.08. The number of carbonyl (C=O) groups is 1. The van der Waals surface area contributed by atoms with Gasteiger partial charge >= 0.3 is 0 Å². The molecule has 1 aromatic carbocycles. The zero-order chi connectivity index (χ0) is 12.4. The van der Waals surface area contributed by atoms with Crippen molar-refractivity contribution in [3.8, 4) is 0 Å². The van der Waals surface area contributed by atoms with Crippen LogP contribution in [0.4, 0.5) is 11.4 Å². The van der Waals surface area contributed by atoms with Gasteiger partial charge in [0.1, 0.15) is 5.69 Å². The van der Waals surface area contributed by atoms with Crippen molar-refractivity contribution in [2.24, 2.45) is 0 Å². The molecule has 0 saturated heterocycles. The molecule has 4 nitrogen and oxygen atoms in total. The number of amides is 1. The largest absolute Gasteiger partial charge is 0.399 e. The highest BCUT2D eigenvalue weighted by Gasteiger charge is 2.10. The molecule has 1 amide bonds. The molecule has 1 heterocycles. The quantitative estimate of drug-likeness (QED) is 0.801. The maximum Gasteiger partial charge on any atom is 0.275 e. The van der Waals surface area contributed by atoms with Gasteiger partial charge in [0.25, 0.3) is 5.91 Å². The van der Waals surface area contributed by atoms with Crippen molar-refractivity contribution < 1.29 is 4.79 Å². The van der Waals surface area contributed by atoms with Crippen molar-refractivity contribution in [2.75, 3.05) is 11.1 Å². The SMILES string of the molecule is Cc1cc(NC(=O)c2cscn2)c(C)cc1N. The van der Waals surface area contributed by atoms with E-state index in [1.165, 1.54) is 11.3 Å². The Balaban J connectivity index is 2.25. The zero-order valence-electron chi connectivity index (χ0n) is 9.65. The number of aryl methyl sites for hydroxylation is 2. The lowest BCUT2D eigenvalue weighted by Gasteiger charge is -2.10. The summed E-state index contributed by atoms with van der Waals surface area (Å²) in [6.07, 6.45) is 0. The highest BCUT2D eigenvalue weighted by Crippen LogP contribution is 2.22. The van der Waals surface area contributed by atoms with E-state index in [2.05, 4.69) is 10.3 Å². The fourth-order valence-corrected chi connectivity index (χ4v) is 2.02. The molecule has 0 radical (unpaired) electrons. The number of thiazole rings is 1. The van der Waals surface area contributed by atoms with Crippen molar-refractivity contribution >= 4 is 28.6 Å². The lowest BCUT2D eigenvalue weighted by atomic mass is 10.1. The van der Waals surface area contributed by atoms with E-state index in [1.54, 1.807) is 10.9 Å². The number of aromatic nitrogens is 1. The van der Waals surface area contributed by atoms with Gasteiger partial charge in [0.15, 0.2) is 0 Å². The molecule has 0 bridgehead atoms. The van der Waals surface area contributed by atoms with Crippen LogP contribution in [0.25, 0.3) is 0 Å². The first-order valence-electron chi connectivity index (χ1n) is 5.14. The Bertz CT molecular complexity index is 549. The second-order valence-corrected chi connectivity index (χ2v) is 4.57. The van der Waals surface area contributed by atoms with Crippen LogP contribution in [0.1, 0.15) is 21.6 Å². The average Bonchev–Trinajstić information content (AvgIpc) is 2.79. The highest BCUT2D eigenvalue weighted by molar-refractivity contribution is 7.07. The molecule has 17 heavy (non-hydrogen) atoms. The van der Waals surface area contributed by atoms with Gasteiger partial charge in [-0.1, -0.05) is 0 Å². The summed E-state index contributed by atoms with van der Waals surface area (Å²) < 4.78 is 0. The summed E-state index contributed by atoms with van der Waals surface area (Å²) in [4.78, 5) is 15.8. The third-order valence-corrected chi connectivity index (χ3v) is 3.11. The Kier molecular flexibility index (Phi) is 3.10. The first kappa shape index (κ1) is 11.6. The number of nitrogens with zero attached hydrogens (tertiary/aromatic N) is 1. The molecule has 0 atom stereocenters. The van der Waals surface area contributed by atoms with Crippen molar-refractivity contribution in [3.63, 3.8) is 0 Å². The second kappa shape index (κ2) is 4.55. The normalized spacial score (nSPS) is 10.2. The van der Waals surface area contributed by atoms with Crippen LogP contribution in [0.5, 0.6) is 0 Å². The molecule has 0 saturated carbocycles. The van der Waals surface area contributed by atoms with Gasteiger partial charge in [0.2, 0.25) is 0 Å². The van der Waals surface area contributed by atoms with Crippen LogP contribution >= 0.6 is 11.3 Å². The minimum absolute atomic E-state index is 0.196. The molecule has 0 aliphatic rings. The molecule has 1 aromatic heterocycles. The average molecular weight is 247 g/mol. The summed E-state index contributed by atoms with van der Waals surface area (Å²) in [6, 6.07) is 3.72. The Morgan fingerprint density at radius 2 is 2.12 bits per heavy atom. The van der Waals surface area contributed by atoms with Gasteiger partial charge in [0.05, 0.1) is 5.51 Å². The zero-order valence-corrected chi connectivity index (χ0v) is 10.5. The van der Waals surface area contributed by atoms with Crippen LogP contribution in [0, 0.1) is 13.8 Å². The van der Waals surface area contributed by atoms with Crippen LogP contribution in [-0.4, -0.2) is 10.9 Å². The minimum Gasteiger partial charge on any atom is -0.399 e. The van der Waals surface area contributed by atoms with Gasteiger partial charge in [-0.05, 0) is 37.1 Å². The predicted molar refractivity (Wildman–Crippen MR) is 70.4 cm³/mol. The molecular weight excluding hydrogens is 234 g/mol. The van der Waals surface area contributed by atoms with Crippen LogP contribution in [0.2, 0.25) is 0 Å². The topological polar surface area (TPSA) is 68.0 Å². The molecule has 3 N–H and O–H groups in total. The van der Waals surface area contributed by atoms with E-state index in [4.69, 9.17) is 5.73 Å². The van der Waals surface area contributed by atoms with Crippen molar-refractivity contribution in [3.05, 3.63) is 39.8 Å². The molecule has 5 heteroatoms. The summed E-state index contributed by atoms with van der Waals surface area (Å²) in [6.45, 7) is 3.82. The molecular formula is C12H13N3OS. The summed E-state index contributed by atoms with van der Waals surface area (Å²) in [5.41, 5.74) is 11.3. The fourth-order valence-electron chi connectivity index (χ4n) is 1.48. The number of hydrogen-bond donors (Lipinski definition) is 2. The van der Waals surface area contributed by atoms with E-state index in [-0.39, 0.29) is 5.91 Å². The molecule has 0 fully saturated rings. The lowest BCUT2D eigenvalue weighted by molar-refractivity contribution is 0.102. The van der Waals surface area contributed by atoms with Gasteiger partial charge in [-0.3, -0.25) is 4.79 Å². The minimum atomic E-state index is -0.196. The third-order valence-electron chi connectivity index (χ3n) is 2.53. The number of nitrogens with one attached hydrogen (secondary N) is 1. The van der Waals surface area contributed by atoms with E-state index in [9.17, 15) is 4.79 Å². The van der Waals surface area contributed by atoms with Gasteiger partial charge < -0.3 is 11.1 Å². The molecule has 2 rings (SSSR count). The summed E-state index contributed by atoms with van der Waals surface area (Å²) in [5, 5.41) is 4.55. The third kappa shape index (κ3) is 2.45. The van der Waals surface area contributed by atoms with Gasteiger partial charge in [0, 0.05) is 16.8 Å². The number of carbonyl (C=O) groups excluding carboxylic acids is 1. The number of nitrogen functional groups attached to an aromatic ring is 1. The fraction of sp³-hybridized carbons (Fsp3) is 0.167. The second-order valence-electron chi connectivity index (χ2n) is 3.85. The van der Waals surface area contributed by atoms with Crippen molar-refractivity contribution in [1.82, 2.24) is 4.98 Å². The summed E-state index contributed by atoms with van der Waals surface area (Å²) >= 11 is 1.40. The van der Waals surface area contributed by atoms with Crippen molar-refractivity contribution in [2.45, 2.75) is 13.8 Å². The van der Waals surface area contributed by atoms with E-state index in [1.807, 2.05) is 26.0 Å². The summed E-state index contributed by atoms with van der Waals surface area (Å²) in [7, 11) is 0. The van der Waals surface area contributed by atoms with Crippen LogP contribution in [0.15, 0.2) is 23.0 Å². The number of hydrogen-bond acceptors (Lipinski definition) is 4. The van der Waals surface area contributed by atoms with Gasteiger partial charge in [-0.15, -0.1) is 11.3 Å². The standard InChI is InChI=1S/C12H13N3OS/c1-7-4-10(8(2)3-9(7)13)15-12(16)11-5-17-6-14-11/h3-6H,13H2,1-2H3,(H,15,16). The van der Waals surface area contributed by atoms with Gasteiger partial charge in [-0.25, -0.2) is 4.98 Å². The molecule has 0 aliphatic heterocycles. The van der Waals surface area contributed by atoms with Crippen LogP contribution in [-0.2, 0) is 0 Å². The van der Waals surface area contributed by atoms with E-state index >= 15 is 0 Å². The van der Waals surface area contributed by atoms with E-state index in [0.717, 1.165) is 22.5 Å². The molecule has 0 unspecified atom stereocenters. The Morgan fingerprint density at radius 1 is 1.35 bits per heavy atom. The van der Waals surface area contributed by atoms with Gasteiger partial charge in [-0.2, -0.15) is 0 Å². The van der Waals surface area contributed by atoms with E-state index in [0.29, 0.717) is 5.69 Å². The number of benzene rings is 1. The number of anilines is 2. The molecule has 0 spiro atoms. The molecule has 88 valence electrons. The maximum absolute atomic E-state index is 11.8. The molecule has 0 aliphatic carbocycles. The Morgan fingerprint density at radius 3 is 2.76 bits per heavy atom. The Hall–Kier alpha value is -1.88. The first-order chi connectivity index (χ1) is 8.08. The van der Waals surface area contributed by atoms with Crippen LogP contribution < -0.4 is 11.1 Å². The Labute approximate surface area is 103 Å². The summed E-state index contributed by atoms with van der Waals surface area (Å²) in [5.74, 6) is -0.196. The predicted octanol–water partition coefficient (Wildman–Crippen LogP) is 2.59.